The molecular formula is C20H32N4O5. The molecule has 0 bridgehead atoms. The Labute approximate surface area is 171 Å². The molecule has 2 N–H and O–H groups in total. The van der Waals surface area contributed by atoms with E-state index in [0.29, 0.717) is 38.1 Å². The number of hydrogen-bond donors (Lipinski definition) is 2. The highest BCUT2D eigenvalue weighted by Gasteiger charge is 2.53. The molecule has 0 radical (unpaired) electrons. The number of imide groups is 1. The molecule has 1 atom stereocenters. The fourth-order valence-electron chi connectivity index (χ4n) is 4.20. The molecule has 1 spiro atoms. The van der Waals surface area contributed by atoms with Crippen molar-refractivity contribution < 1.29 is 23.9 Å². The number of amides is 5. The maximum absolute atomic E-state index is 12.9. The molecule has 3 fully saturated rings. The van der Waals surface area contributed by atoms with Crippen LogP contribution in [-0.2, 0) is 14.3 Å². The van der Waals surface area contributed by atoms with Crippen LogP contribution in [0.2, 0.25) is 0 Å². The molecule has 2 heterocycles. The number of nitrogens with one attached hydrogen (secondary N) is 2. The summed E-state index contributed by atoms with van der Waals surface area (Å²) in [6.45, 7) is 8.22. The van der Waals surface area contributed by atoms with E-state index < -0.39 is 35.1 Å². The van der Waals surface area contributed by atoms with Gasteiger partial charge in [-0.05, 0) is 65.2 Å². The number of carbonyl (C=O) groups excluding carboxylic acids is 4. The van der Waals surface area contributed by atoms with Gasteiger partial charge in [0.25, 0.3) is 5.91 Å². The molecule has 3 aliphatic rings. The SMILES string of the molecule is CC1CCC2(CC1)NC(=O)N(NC(=O)[C@H]1CCCN(C(=O)OC(C)(C)C)C1)C2=O. The Hall–Kier alpha value is -2.32. The summed E-state index contributed by atoms with van der Waals surface area (Å²) in [7, 11) is 0. The number of hydrogen-bond acceptors (Lipinski definition) is 5. The number of nitrogens with zero attached hydrogens (tertiary/aromatic N) is 2. The van der Waals surface area contributed by atoms with Crippen molar-refractivity contribution in [2.75, 3.05) is 13.1 Å². The molecule has 0 unspecified atom stereocenters. The highest BCUT2D eigenvalue weighted by Crippen LogP contribution is 2.36. The van der Waals surface area contributed by atoms with Crippen molar-refractivity contribution in [1.29, 1.82) is 0 Å². The first-order chi connectivity index (χ1) is 13.5. The first-order valence-electron chi connectivity index (χ1n) is 10.5. The number of ether oxygens (including phenoxy) is 1. The highest BCUT2D eigenvalue weighted by atomic mass is 16.6. The van der Waals surface area contributed by atoms with Crippen LogP contribution in [-0.4, -0.2) is 58.1 Å². The summed E-state index contributed by atoms with van der Waals surface area (Å²) in [6, 6.07) is -0.585. The standard InChI is InChI=1S/C20H32N4O5/c1-13-7-9-20(10-8-13)16(26)24(17(27)21-20)22-15(25)14-6-5-11-23(12-14)18(28)29-19(2,3)4/h13-14H,5-12H2,1-4H3,(H,21,27)(H,22,25)/t13?,14-,20?/m0/s1. The van der Waals surface area contributed by atoms with Crippen LogP contribution in [0, 0.1) is 11.8 Å². The van der Waals surface area contributed by atoms with Crippen LogP contribution in [0.3, 0.4) is 0 Å². The first kappa shape index (κ1) is 21.4. The molecule has 2 aliphatic heterocycles. The maximum Gasteiger partial charge on any atom is 0.410 e. The Bertz CT molecular complexity index is 693. The normalized spacial score (nSPS) is 30.3. The van der Waals surface area contributed by atoms with Gasteiger partial charge >= 0.3 is 12.1 Å². The fourth-order valence-corrected chi connectivity index (χ4v) is 4.20. The summed E-state index contributed by atoms with van der Waals surface area (Å²) < 4.78 is 5.38. The van der Waals surface area contributed by atoms with Gasteiger partial charge in [-0.25, -0.2) is 9.59 Å². The van der Waals surface area contributed by atoms with Gasteiger partial charge in [-0.3, -0.25) is 15.0 Å². The quantitative estimate of drug-likeness (QED) is 0.681. The van der Waals surface area contributed by atoms with E-state index in [2.05, 4.69) is 17.7 Å². The zero-order chi connectivity index (χ0) is 21.4. The largest absolute Gasteiger partial charge is 0.444 e. The van der Waals surface area contributed by atoms with E-state index in [9.17, 15) is 19.2 Å². The topological polar surface area (TPSA) is 108 Å². The minimum absolute atomic E-state index is 0.201. The zero-order valence-corrected chi connectivity index (χ0v) is 17.7. The van der Waals surface area contributed by atoms with E-state index >= 15 is 0 Å². The van der Waals surface area contributed by atoms with Crippen LogP contribution >= 0.6 is 0 Å². The van der Waals surface area contributed by atoms with Crippen molar-refractivity contribution in [3.63, 3.8) is 0 Å². The minimum atomic E-state index is -0.897. The van der Waals surface area contributed by atoms with Crippen LogP contribution in [0.15, 0.2) is 0 Å². The summed E-state index contributed by atoms with van der Waals surface area (Å²) in [5.74, 6) is -0.791. The predicted molar refractivity (Wildman–Crippen MR) is 104 cm³/mol. The van der Waals surface area contributed by atoms with E-state index in [0.717, 1.165) is 17.9 Å². The number of carbonyl (C=O) groups is 4. The average molecular weight is 408 g/mol. The fraction of sp³-hybridized carbons (Fsp3) is 0.800. The molecular weight excluding hydrogens is 376 g/mol. The van der Waals surface area contributed by atoms with Gasteiger partial charge in [0, 0.05) is 13.1 Å². The first-order valence-corrected chi connectivity index (χ1v) is 10.5. The lowest BCUT2D eigenvalue weighted by molar-refractivity contribution is -0.142. The van der Waals surface area contributed by atoms with E-state index in [1.165, 1.54) is 4.90 Å². The number of urea groups is 1. The number of likely N-dealkylation sites (tertiary alicyclic amines) is 1. The summed E-state index contributed by atoms with van der Waals surface area (Å²) >= 11 is 0. The number of hydrazine groups is 1. The molecule has 162 valence electrons. The monoisotopic (exact) mass is 408 g/mol. The second kappa shape index (κ2) is 7.84. The van der Waals surface area contributed by atoms with Crippen LogP contribution in [0.25, 0.3) is 0 Å². The molecule has 9 nitrogen and oxygen atoms in total. The molecule has 0 aromatic carbocycles. The van der Waals surface area contributed by atoms with E-state index in [1.807, 2.05) is 0 Å². The summed E-state index contributed by atoms with van der Waals surface area (Å²) in [5.41, 5.74) is 0.983. The molecule has 1 saturated carbocycles. The molecule has 3 rings (SSSR count). The molecule has 9 heteroatoms. The molecule has 0 aromatic rings. The Balaban J connectivity index is 1.60. The average Bonchev–Trinajstić information content (AvgIpc) is 2.87. The van der Waals surface area contributed by atoms with E-state index in [1.54, 1.807) is 20.8 Å². The van der Waals surface area contributed by atoms with Gasteiger partial charge in [0.15, 0.2) is 0 Å². The van der Waals surface area contributed by atoms with Gasteiger partial charge in [-0.1, -0.05) is 6.92 Å². The molecule has 1 aliphatic carbocycles. The second-order valence-electron chi connectivity index (χ2n) is 9.58. The smallest absolute Gasteiger partial charge is 0.410 e. The van der Waals surface area contributed by atoms with Crippen molar-refractivity contribution in [3.05, 3.63) is 0 Å². The third kappa shape index (κ3) is 4.64. The Morgan fingerprint density at radius 3 is 2.45 bits per heavy atom. The molecule has 2 saturated heterocycles. The van der Waals surface area contributed by atoms with Gasteiger partial charge in [0.2, 0.25) is 5.91 Å². The molecule has 29 heavy (non-hydrogen) atoms. The Morgan fingerprint density at radius 1 is 1.17 bits per heavy atom. The van der Waals surface area contributed by atoms with Crippen LogP contribution in [0.5, 0.6) is 0 Å². The Morgan fingerprint density at radius 2 is 1.83 bits per heavy atom. The maximum atomic E-state index is 12.9. The van der Waals surface area contributed by atoms with Gasteiger partial charge in [-0.15, -0.1) is 0 Å². The van der Waals surface area contributed by atoms with E-state index in [-0.39, 0.29) is 12.5 Å². The van der Waals surface area contributed by atoms with Crippen molar-refractivity contribution in [1.82, 2.24) is 20.7 Å². The van der Waals surface area contributed by atoms with Crippen molar-refractivity contribution in [2.24, 2.45) is 11.8 Å². The van der Waals surface area contributed by atoms with Crippen molar-refractivity contribution >= 4 is 23.9 Å². The molecule has 5 amide bonds. The van der Waals surface area contributed by atoms with E-state index in [4.69, 9.17) is 4.74 Å². The summed E-state index contributed by atoms with van der Waals surface area (Å²) in [4.78, 5) is 51.8. The predicted octanol–water partition coefficient (Wildman–Crippen LogP) is 2.17. The number of piperidine rings is 1. The van der Waals surface area contributed by atoms with Crippen LogP contribution in [0.1, 0.15) is 66.2 Å². The van der Waals surface area contributed by atoms with Crippen molar-refractivity contribution in [3.8, 4) is 0 Å². The zero-order valence-electron chi connectivity index (χ0n) is 17.7. The third-order valence-electron chi connectivity index (χ3n) is 5.96. The van der Waals surface area contributed by atoms with Crippen LogP contribution < -0.4 is 10.7 Å². The van der Waals surface area contributed by atoms with Gasteiger partial charge < -0.3 is 15.0 Å². The second-order valence-corrected chi connectivity index (χ2v) is 9.58. The lowest BCUT2D eigenvalue weighted by Gasteiger charge is -2.34. The summed E-state index contributed by atoms with van der Waals surface area (Å²) in [5, 5.41) is 3.61. The lowest BCUT2D eigenvalue weighted by Crippen LogP contribution is -2.54. The van der Waals surface area contributed by atoms with Gasteiger partial charge in [0.1, 0.15) is 11.1 Å². The summed E-state index contributed by atoms with van der Waals surface area (Å²) in [6.07, 6.45) is 3.67. The van der Waals surface area contributed by atoms with Gasteiger partial charge in [-0.2, -0.15) is 5.01 Å². The van der Waals surface area contributed by atoms with Crippen LogP contribution in [0.4, 0.5) is 9.59 Å². The lowest BCUT2D eigenvalue weighted by atomic mass is 9.77. The molecule has 0 aromatic heterocycles. The van der Waals surface area contributed by atoms with Gasteiger partial charge in [0.05, 0.1) is 5.92 Å². The minimum Gasteiger partial charge on any atom is -0.444 e. The highest BCUT2D eigenvalue weighted by molar-refractivity contribution is 6.08. The third-order valence-corrected chi connectivity index (χ3v) is 5.96. The Kier molecular flexibility index (Phi) is 5.78. The number of rotatable bonds is 2. The van der Waals surface area contributed by atoms with Crippen molar-refractivity contribution in [2.45, 2.75) is 77.4 Å².